The Labute approximate surface area is 119 Å². The first kappa shape index (κ1) is 14.6. The van der Waals surface area contributed by atoms with Crippen molar-refractivity contribution in [2.75, 3.05) is 11.9 Å². The van der Waals surface area contributed by atoms with Gasteiger partial charge in [-0.25, -0.2) is 4.39 Å². The van der Waals surface area contributed by atoms with E-state index in [0.29, 0.717) is 6.04 Å². The van der Waals surface area contributed by atoms with Gasteiger partial charge in [0, 0.05) is 23.8 Å². The predicted molar refractivity (Wildman–Crippen MR) is 77.2 cm³/mol. The molecule has 4 heteroatoms. The maximum absolute atomic E-state index is 13.4. The highest BCUT2D eigenvalue weighted by molar-refractivity contribution is 6.30. The molecular formula is C15H21ClFNO. The number of benzene rings is 1. The number of ether oxygens (including phenoxy) is 1. The van der Waals surface area contributed by atoms with Crippen LogP contribution in [0.2, 0.25) is 5.02 Å². The molecule has 1 aliphatic rings. The largest absolute Gasteiger partial charge is 0.381 e. The number of halogens is 2. The van der Waals surface area contributed by atoms with Crippen molar-refractivity contribution in [3.63, 3.8) is 0 Å². The van der Waals surface area contributed by atoms with E-state index in [1.165, 1.54) is 6.07 Å². The SMILES string of the molecule is CCOC1CC(Nc2ccc(Cl)c(F)c2)C1(C)CC. The van der Waals surface area contributed by atoms with Crippen LogP contribution in [0.5, 0.6) is 0 Å². The molecule has 3 atom stereocenters. The first-order valence-corrected chi connectivity index (χ1v) is 7.22. The molecule has 2 rings (SSSR count). The minimum atomic E-state index is -0.384. The lowest BCUT2D eigenvalue weighted by molar-refractivity contribution is -0.109. The van der Waals surface area contributed by atoms with Crippen LogP contribution in [-0.2, 0) is 4.74 Å². The van der Waals surface area contributed by atoms with Crippen molar-refractivity contribution in [3.8, 4) is 0 Å². The van der Waals surface area contributed by atoms with Gasteiger partial charge in [-0.2, -0.15) is 0 Å². The summed E-state index contributed by atoms with van der Waals surface area (Å²) in [7, 11) is 0. The van der Waals surface area contributed by atoms with Crippen LogP contribution in [0.25, 0.3) is 0 Å². The zero-order chi connectivity index (χ0) is 14.0. The molecule has 106 valence electrons. The van der Waals surface area contributed by atoms with Crippen LogP contribution in [-0.4, -0.2) is 18.8 Å². The van der Waals surface area contributed by atoms with E-state index in [0.717, 1.165) is 25.1 Å². The zero-order valence-corrected chi connectivity index (χ0v) is 12.4. The lowest BCUT2D eigenvalue weighted by atomic mass is 9.61. The standard InChI is InChI=1S/C15H21ClFNO/c1-4-15(3)13(9-14(15)19-5-2)18-10-6-7-11(16)12(17)8-10/h6-8,13-14,18H,4-5,9H2,1-3H3. The van der Waals surface area contributed by atoms with Crippen LogP contribution < -0.4 is 5.32 Å². The van der Waals surface area contributed by atoms with Crippen LogP contribution in [0.3, 0.4) is 0 Å². The van der Waals surface area contributed by atoms with Gasteiger partial charge in [-0.3, -0.25) is 0 Å². The molecule has 3 unspecified atom stereocenters. The Morgan fingerprint density at radius 1 is 1.47 bits per heavy atom. The summed E-state index contributed by atoms with van der Waals surface area (Å²) < 4.78 is 19.2. The average molecular weight is 286 g/mol. The van der Waals surface area contributed by atoms with Crippen LogP contribution in [0.4, 0.5) is 10.1 Å². The lowest BCUT2D eigenvalue weighted by Gasteiger charge is -2.54. The first-order valence-electron chi connectivity index (χ1n) is 6.84. The van der Waals surface area contributed by atoms with E-state index >= 15 is 0 Å². The Morgan fingerprint density at radius 2 is 2.21 bits per heavy atom. The fourth-order valence-electron chi connectivity index (χ4n) is 2.76. The van der Waals surface area contributed by atoms with E-state index in [1.807, 2.05) is 13.0 Å². The maximum Gasteiger partial charge on any atom is 0.143 e. The van der Waals surface area contributed by atoms with Gasteiger partial charge in [0.25, 0.3) is 0 Å². The molecule has 0 saturated heterocycles. The second-order valence-electron chi connectivity index (χ2n) is 5.36. The Morgan fingerprint density at radius 3 is 2.79 bits per heavy atom. The first-order chi connectivity index (χ1) is 9.01. The highest BCUT2D eigenvalue weighted by atomic mass is 35.5. The van der Waals surface area contributed by atoms with Gasteiger partial charge < -0.3 is 10.1 Å². The van der Waals surface area contributed by atoms with Crippen LogP contribution in [0.1, 0.15) is 33.6 Å². The molecule has 1 fully saturated rings. The van der Waals surface area contributed by atoms with E-state index in [9.17, 15) is 4.39 Å². The summed E-state index contributed by atoms with van der Waals surface area (Å²) in [6.45, 7) is 7.15. The predicted octanol–water partition coefficient (Wildman–Crippen LogP) is 4.48. The second kappa shape index (κ2) is 5.68. The maximum atomic E-state index is 13.4. The van der Waals surface area contributed by atoms with Gasteiger partial charge in [0.2, 0.25) is 0 Å². The van der Waals surface area contributed by atoms with E-state index < -0.39 is 0 Å². The van der Waals surface area contributed by atoms with Crippen molar-refractivity contribution in [3.05, 3.63) is 29.0 Å². The second-order valence-corrected chi connectivity index (χ2v) is 5.77. The molecule has 0 amide bonds. The highest BCUT2D eigenvalue weighted by Crippen LogP contribution is 2.47. The summed E-state index contributed by atoms with van der Waals surface area (Å²) in [5.41, 5.74) is 0.882. The number of rotatable bonds is 5. The molecule has 0 spiro atoms. The molecule has 19 heavy (non-hydrogen) atoms. The van der Waals surface area contributed by atoms with Crippen molar-refractivity contribution in [2.24, 2.45) is 5.41 Å². The van der Waals surface area contributed by atoms with Crippen molar-refractivity contribution in [1.29, 1.82) is 0 Å². The Kier molecular flexibility index (Phi) is 4.36. The fraction of sp³-hybridized carbons (Fsp3) is 0.600. The van der Waals surface area contributed by atoms with E-state index in [-0.39, 0.29) is 22.4 Å². The van der Waals surface area contributed by atoms with Gasteiger partial charge >= 0.3 is 0 Å². The third-order valence-corrected chi connectivity index (χ3v) is 4.68. The summed E-state index contributed by atoms with van der Waals surface area (Å²) in [5, 5.41) is 3.55. The molecule has 1 N–H and O–H groups in total. The van der Waals surface area contributed by atoms with Gasteiger partial charge in [-0.15, -0.1) is 0 Å². The lowest BCUT2D eigenvalue weighted by Crippen LogP contribution is -2.59. The minimum absolute atomic E-state index is 0.103. The topological polar surface area (TPSA) is 21.3 Å². The Balaban J connectivity index is 2.05. The summed E-state index contributed by atoms with van der Waals surface area (Å²) in [6, 6.07) is 5.16. The van der Waals surface area contributed by atoms with Crippen LogP contribution in [0.15, 0.2) is 18.2 Å². The normalized spacial score (nSPS) is 29.9. The molecule has 1 aromatic carbocycles. The minimum Gasteiger partial charge on any atom is -0.381 e. The number of nitrogens with one attached hydrogen (secondary N) is 1. The van der Waals surface area contributed by atoms with Gasteiger partial charge in [0.05, 0.1) is 11.1 Å². The van der Waals surface area contributed by atoms with Crippen LogP contribution in [0, 0.1) is 11.2 Å². The summed E-state index contributed by atoms with van der Waals surface area (Å²) in [5.74, 6) is -0.384. The third kappa shape index (κ3) is 2.72. The highest BCUT2D eigenvalue weighted by Gasteiger charge is 2.51. The van der Waals surface area contributed by atoms with Gasteiger partial charge in [-0.05, 0) is 38.0 Å². The molecule has 0 radical (unpaired) electrons. The quantitative estimate of drug-likeness (QED) is 0.861. The molecule has 0 aromatic heterocycles. The fourth-order valence-corrected chi connectivity index (χ4v) is 2.88. The number of hydrogen-bond donors (Lipinski definition) is 1. The summed E-state index contributed by atoms with van der Waals surface area (Å²) >= 11 is 5.69. The van der Waals surface area contributed by atoms with Crippen LogP contribution >= 0.6 is 11.6 Å². The summed E-state index contributed by atoms with van der Waals surface area (Å²) in [4.78, 5) is 0. The molecule has 1 aromatic rings. The van der Waals surface area contributed by atoms with Crippen molar-refractivity contribution in [1.82, 2.24) is 0 Å². The average Bonchev–Trinajstić information content (AvgIpc) is 2.40. The van der Waals surface area contributed by atoms with E-state index in [2.05, 4.69) is 19.2 Å². The molecule has 1 saturated carbocycles. The molecular weight excluding hydrogens is 265 g/mol. The van der Waals surface area contributed by atoms with E-state index in [1.54, 1.807) is 6.07 Å². The Bertz CT molecular complexity index is 454. The molecule has 1 aliphatic carbocycles. The summed E-state index contributed by atoms with van der Waals surface area (Å²) in [6.07, 6.45) is 2.28. The molecule has 0 bridgehead atoms. The van der Waals surface area contributed by atoms with Crippen molar-refractivity contribution in [2.45, 2.75) is 45.8 Å². The van der Waals surface area contributed by atoms with Gasteiger partial charge in [0.15, 0.2) is 0 Å². The number of anilines is 1. The third-order valence-electron chi connectivity index (χ3n) is 4.37. The van der Waals surface area contributed by atoms with Gasteiger partial charge in [0.1, 0.15) is 5.82 Å². The zero-order valence-electron chi connectivity index (χ0n) is 11.7. The molecule has 0 aliphatic heterocycles. The van der Waals surface area contributed by atoms with Crippen molar-refractivity contribution < 1.29 is 9.13 Å². The molecule has 2 nitrogen and oxygen atoms in total. The Hall–Kier alpha value is -0.800. The molecule has 0 heterocycles. The smallest absolute Gasteiger partial charge is 0.143 e. The van der Waals surface area contributed by atoms with Crippen molar-refractivity contribution >= 4 is 17.3 Å². The van der Waals surface area contributed by atoms with Gasteiger partial charge in [-0.1, -0.05) is 25.4 Å². The monoisotopic (exact) mass is 285 g/mol. The number of hydrogen-bond acceptors (Lipinski definition) is 2. The van der Waals surface area contributed by atoms with E-state index in [4.69, 9.17) is 16.3 Å².